The number of hydrazone groups is 1. The number of benzene rings is 1. The number of amides is 2. The number of carbonyl (C=O) groups excluding carboxylic acids is 2. The zero-order valence-corrected chi connectivity index (χ0v) is 14.0. The van der Waals surface area contributed by atoms with Gasteiger partial charge in [-0.15, -0.1) is 0 Å². The molecule has 0 radical (unpaired) electrons. The average molecular weight is 336 g/mol. The Morgan fingerprint density at radius 2 is 1.76 bits per heavy atom. The van der Waals surface area contributed by atoms with Gasteiger partial charge in [0.05, 0.1) is 24.7 Å². The second kappa shape index (κ2) is 5.28. The van der Waals surface area contributed by atoms with Gasteiger partial charge in [0, 0.05) is 5.56 Å². The summed E-state index contributed by atoms with van der Waals surface area (Å²) in [6, 6.07) is 7.50. The molecule has 1 heterocycles. The number of imide groups is 1. The van der Waals surface area contributed by atoms with Crippen molar-refractivity contribution < 1.29 is 14.3 Å². The first-order valence-electron chi connectivity index (χ1n) is 9.02. The van der Waals surface area contributed by atoms with Gasteiger partial charge in [0.25, 0.3) is 11.8 Å². The Morgan fingerprint density at radius 3 is 2.40 bits per heavy atom. The number of hydrogen-bond acceptors (Lipinski definition) is 4. The Morgan fingerprint density at radius 1 is 1.12 bits per heavy atom. The van der Waals surface area contributed by atoms with Gasteiger partial charge in [-0.05, 0) is 49.1 Å². The fraction of sp³-hybridized carbons (Fsp3) is 0.450. The second-order valence-electron chi connectivity index (χ2n) is 7.36. The SMILES string of the molecule is CCOc1ccccc1/C=N\N1C(=O)[C@@H]2[C@H]3C=C[C@@H]([C@@H]4C[C@@H]34)[C@H]2C1=O. The summed E-state index contributed by atoms with van der Waals surface area (Å²) in [6.45, 7) is 2.47. The van der Waals surface area contributed by atoms with Gasteiger partial charge in [-0.25, -0.2) is 0 Å². The van der Waals surface area contributed by atoms with E-state index in [0.717, 1.165) is 10.6 Å². The van der Waals surface area contributed by atoms with Crippen molar-refractivity contribution in [3.05, 3.63) is 42.0 Å². The maximum absolute atomic E-state index is 12.9. The van der Waals surface area contributed by atoms with Crippen molar-refractivity contribution in [3.8, 4) is 5.75 Å². The highest BCUT2D eigenvalue weighted by atomic mass is 16.5. The van der Waals surface area contributed by atoms with E-state index in [9.17, 15) is 9.59 Å². The first kappa shape index (κ1) is 14.9. The lowest BCUT2D eigenvalue weighted by Gasteiger charge is -2.37. The predicted octanol–water partition coefficient (Wildman–Crippen LogP) is 2.47. The lowest BCUT2D eigenvalue weighted by molar-refractivity contribution is -0.140. The molecule has 1 aliphatic heterocycles. The zero-order chi connectivity index (χ0) is 17.1. The highest BCUT2D eigenvalue weighted by molar-refractivity contribution is 6.06. The summed E-state index contributed by atoms with van der Waals surface area (Å²) < 4.78 is 5.57. The third kappa shape index (κ3) is 2.04. The number of rotatable bonds is 4. The molecule has 0 aromatic heterocycles. The van der Waals surface area contributed by atoms with Crippen LogP contribution in [-0.2, 0) is 9.59 Å². The topological polar surface area (TPSA) is 59.0 Å². The van der Waals surface area contributed by atoms with Crippen LogP contribution in [-0.4, -0.2) is 29.6 Å². The lowest BCUT2D eigenvalue weighted by Crippen LogP contribution is -2.40. The predicted molar refractivity (Wildman–Crippen MR) is 91.8 cm³/mol. The summed E-state index contributed by atoms with van der Waals surface area (Å²) in [4.78, 5) is 25.7. The van der Waals surface area contributed by atoms with Crippen LogP contribution in [0.25, 0.3) is 0 Å². The van der Waals surface area contributed by atoms with E-state index >= 15 is 0 Å². The van der Waals surface area contributed by atoms with E-state index in [1.807, 2.05) is 31.2 Å². The van der Waals surface area contributed by atoms with E-state index in [0.29, 0.717) is 24.2 Å². The maximum atomic E-state index is 12.9. The molecule has 1 aromatic carbocycles. The lowest BCUT2D eigenvalue weighted by atomic mass is 9.63. The maximum Gasteiger partial charge on any atom is 0.254 e. The van der Waals surface area contributed by atoms with Crippen LogP contribution in [0.4, 0.5) is 0 Å². The first-order chi connectivity index (χ1) is 12.2. The molecule has 2 bridgehead atoms. The molecule has 0 N–H and O–H groups in total. The molecule has 1 aromatic rings. The van der Waals surface area contributed by atoms with Crippen molar-refractivity contribution in [1.82, 2.24) is 5.01 Å². The van der Waals surface area contributed by atoms with Gasteiger partial charge in [0.2, 0.25) is 0 Å². The molecule has 0 unspecified atom stereocenters. The summed E-state index contributed by atoms with van der Waals surface area (Å²) in [5, 5.41) is 5.37. The molecular formula is C20H20N2O3. The van der Waals surface area contributed by atoms with Crippen LogP contribution >= 0.6 is 0 Å². The number of hydrogen-bond donors (Lipinski definition) is 0. The van der Waals surface area contributed by atoms with Crippen molar-refractivity contribution >= 4 is 18.0 Å². The molecule has 6 rings (SSSR count). The van der Waals surface area contributed by atoms with Gasteiger partial charge < -0.3 is 4.74 Å². The number of ether oxygens (including phenoxy) is 1. The number of para-hydroxylation sites is 1. The van der Waals surface area contributed by atoms with E-state index in [1.54, 1.807) is 6.21 Å². The van der Waals surface area contributed by atoms with Crippen LogP contribution in [0.1, 0.15) is 18.9 Å². The largest absolute Gasteiger partial charge is 0.493 e. The van der Waals surface area contributed by atoms with Gasteiger partial charge >= 0.3 is 0 Å². The molecule has 0 spiro atoms. The molecule has 1 saturated heterocycles. The summed E-state index contributed by atoms with van der Waals surface area (Å²) in [5.41, 5.74) is 0.767. The van der Waals surface area contributed by atoms with Gasteiger partial charge in [-0.3, -0.25) is 9.59 Å². The Labute approximate surface area is 146 Å². The average Bonchev–Trinajstić information content (AvgIpc) is 3.40. The minimum atomic E-state index is -0.203. The monoisotopic (exact) mass is 336 g/mol. The van der Waals surface area contributed by atoms with Gasteiger partial charge in [-0.2, -0.15) is 10.1 Å². The molecular weight excluding hydrogens is 316 g/mol. The van der Waals surface area contributed by atoms with Gasteiger partial charge in [0.15, 0.2) is 0 Å². The van der Waals surface area contributed by atoms with Crippen LogP contribution in [0.15, 0.2) is 41.5 Å². The minimum Gasteiger partial charge on any atom is -0.493 e. The van der Waals surface area contributed by atoms with E-state index < -0.39 is 0 Å². The summed E-state index contributed by atoms with van der Waals surface area (Å²) in [5.74, 6) is 1.70. The van der Waals surface area contributed by atoms with Crippen molar-refractivity contribution in [2.24, 2.45) is 40.6 Å². The normalized spacial score (nSPS) is 37.6. The van der Waals surface area contributed by atoms with E-state index in [-0.39, 0.29) is 35.5 Å². The minimum absolute atomic E-state index is 0.134. The highest BCUT2D eigenvalue weighted by Gasteiger charge is 2.67. The quantitative estimate of drug-likeness (QED) is 0.482. The number of allylic oxidation sites excluding steroid dienone is 2. The number of nitrogens with zero attached hydrogens (tertiary/aromatic N) is 2. The van der Waals surface area contributed by atoms with Crippen molar-refractivity contribution in [2.45, 2.75) is 13.3 Å². The van der Waals surface area contributed by atoms with E-state index in [2.05, 4.69) is 17.3 Å². The Hall–Kier alpha value is -2.43. The Kier molecular flexibility index (Phi) is 3.14. The summed E-state index contributed by atoms with van der Waals surface area (Å²) in [7, 11) is 0. The summed E-state index contributed by atoms with van der Waals surface area (Å²) >= 11 is 0. The molecule has 25 heavy (non-hydrogen) atoms. The molecule has 4 aliphatic carbocycles. The smallest absolute Gasteiger partial charge is 0.254 e. The van der Waals surface area contributed by atoms with Crippen molar-refractivity contribution in [1.29, 1.82) is 0 Å². The molecule has 2 saturated carbocycles. The molecule has 5 aliphatic rings. The van der Waals surface area contributed by atoms with Crippen LogP contribution in [0.3, 0.4) is 0 Å². The van der Waals surface area contributed by atoms with E-state index in [1.165, 1.54) is 6.42 Å². The van der Waals surface area contributed by atoms with Crippen LogP contribution in [0.5, 0.6) is 5.75 Å². The third-order valence-corrected chi connectivity index (χ3v) is 6.17. The third-order valence-electron chi connectivity index (χ3n) is 6.17. The molecule has 128 valence electrons. The molecule has 5 heteroatoms. The van der Waals surface area contributed by atoms with E-state index in [4.69, 9.17) is 4.74 Å². The molecule has 3 fully saturated rings. The van der Waals surface area contributed by atoms with Crippen molar-refractivity contribution in [3.63, 3.8) is 0 Å². The Balaban J connectivity index is 1.43. The number of carbonyl (C=O) groups is 2. The van der Waals surface area contributed by atoms with Gasteiger partial charge in [0.1, 0.15) is 5.75 Å². The molecule has 2 amide bonds. The van der Waals surface area contributed by atoms with Crippen LogP contribution in [0, 0.1) is 35.5 Å². The first-order valence-corrected chi connectivity index (χ1v) is 9.02. The standard InChI is InChI=1S/C20H20N2O3/c1-2-25-16-6-4-3-5-11(16)10-21-22-19(23)17-12-7-8-13(15-9-14(12)15)18(17)20(22)24/h3-8,10,12-15,17-18H,2,9H2,1H3/b21-10-/t12-,13-,14-,15-,17+,18+/m0/s1. The zero-order valence-electron chi connectivity index (χ0n) is 14.0. The van der Waals surface area contributed by atoms with Crippen molar-refractivity contribution in [2.75, 3.05) is 6.61 Å². The Bertz CT molecular complexity index is 779. The molecule has 6 atom stereocenters. The van der Waals surface area contributed by atoms with Gasteiger partial charge in [-0.1, -0.05) is 24.3 Å². The molecule has 5 nitrogen and oxygen atoms in total. The summed E-state index contributed by atoms with van der Waals surface area (Å²) in [6.07, 6.45) is 7.07. The fourth-order valence-electron chi connectivity index (χ4n) is 5.05. The van der Waals surface area contributed by atoms with Crippen LogP contribution in [0.2, 0.25) is 0 Å². The highest BCUT2D eigenvalue weighted by Crippen LogP contribution is 2.65. The fourth-order valence-corrected chi connectivity index (χ4v) is 5.05. The van der Waals surface area contributed by atoms with Crippen LogP contribution < -0.4 is 4.74 Å². The second-order valence-corrected chi connectivity index (χ2v) is 7.36.